The fourth-order valence-corrected chi connectivity index (χ4v) is 1.72. The molecule has 0 aromatic heterocycles. The molecule has 0 amide bonds. The van der Waals surface area contributed by atoms with E-state index in [4.69, 9.17) is 9.47 Å². The molecule has 0 saturated carbocycles. The molecule has 0 atom stereocenters. The van der Waals surface area contributed by atoms with Crippen molar-refractivity contribution in [2.45, 2.75) is 6.42 Å². The van der Waals surface area contributed by atoms with E-state index in [1.807, 2.05) is 42.5 Å². The number of methoxy groups -OCH3 is 1. The highest BCUT2D eigenvalue weighted by Crippen LogP contribution is 2.17. The maximum absolute atomic E-state index is 5.65. The maximum Gasteiger partial charge on any atom is 0.119 e. The van der Waals surface area contributed by atoms with Crippen LogP contribution in [0.2, 0.25) is 0 Å². The number of hydrogen-bond donors (Lipinski definition) is 1. The van der Waals surface area contributed by atoms with Crippen molar-refractivity contribution in [3.05, 3.63) is 54.6 Å². The Morgan fingerprint density at radius 1 is 0.895 bits per heavy atom. The number of anilines is 1. The van der Waals surface area contributed by atoms with Crippen molar-refractivity contribution in [3.8, 4) is 11.5 Å². The van der Waals surface area contributed by atoms with Crippen LogP contribution in [0.3, 0.4) is 0 Å². The molecule has 0 aliphatic heterocycles. The SMILES string of the molecule is COc1ccc(OCCCNc2ccccc2)cc1. The van der Waals surface area contributed by atoms with Crippen LogP contribution in [0.15, 0.2) is 54.6 Å². The molecule has 19 heavy (non-hydrogen) atoms. The molecule has 2 aromatic carbocycles. The zero-order chi connectivity index (χ0) is 13.3. The topological polar surface area (TPSA) is 30.5 Å². The third kappa shape index (κ3) is 4.54. The number of benzene rings is 2. The summed E-state index contributed by atoms with van der Waals surface area (Å²) in [5.74, 6) is 1.72. The van der Waals surface area contributed by atoms with Crippen LogP contribution in [0.25, 0.3) is 0 Å². The second-order valence-corrected chi connectivity index (χ2v) is 4.17. The van der Waals surface area contributed by atoms with Gasteiger partial charge in [-0.2, -0.15) is 0 Å². The third-order valence-corrected chi connectivity index (χ3v) is 2.75. The number of rotatable bonds is 7. The molecule has 0 aliphatic rings. The lowest BCUT2D eigenvalue weighted by Gasteiger charge is -2.08. The minimum absolute atomic E-state index is 0.701. The number of nitrogens with one attached hydrogen (secondary N) is 1. The predicted octanol–water partition coefficient (Wildman–Crippen LogP) is 3.58. The van der Waals surface area contributed by atoms with Gasteiger partial charge in [0.25, 0.3) is 0 Å². The van der Waals surface area contributed by atoms with Crippen LogP contribution in [0, 0.1) is 0 Å². The van der Waals surface area contributed by atoms with E-state index < -0.39 is 0 Å². The van der Waals surface area contributed by atoms with Gasteiger partial charge in [0.2, 0.25) is 0 Å². The van der Waals surface area contributed by atoms with Crippen LogP contribution in [-0.4, -0.2) is 20.3 Å². The van der Waals surface area contributed by atoms with Crippen LogP contribution in [-0.2, 0) is 0 Å². The number of hydrogen-bond acceptors (Lipinski definition) is 3. The highest BCUT2D eigenvalue weighted by Gasteiger charge is 1.95. The van der Waals surface area contributed by atoms with Crippen molar-refractivity contribution in [2.75, 3.05) is 25.6 Å². The molecule has 0 saturated heterocycles. The number of para-hydroxylation sites is 1. The van der Waals surface area contributed by atoms with Crippen molar-refractivity contribution in [1.29, 1.82) is 0 Å². The molecule has 0 heterocycles. The van der Waals surface area contributed by atoms with Gasteiger partial charge in [0.05, 0.1) is 13.7 Å². The lowest BCUT2D eigenvalue weighted by Crippen LogP contribution is -2.07. The van der Waals surface area contributed by atoms with E-state index in [2.05, 4.69) is 17.4 Å². The predicted molar refractivity (Wildman–Crippen MR) is 78.0 cm³/mol. The molecule has 0 bridgehead atoms. The molecule has 3 nitrogen and oxygen atoms in total. The summed E-state index contributed by atoms with van der Waals surface area (Å²) in [6, 6.07) is 17.8. The van der Waals surface area contributed by atoms with Gasteiger partial charge in [-0.25, -0.2) is 0 Å². The molecule has 2 rings (SSSR count). The Labute approximate surface area is 114 Å². The highest BCUT2D eigenvalue weighted by atomic mass is 16.5. The Balaban J connectivity index is 1.63. The van der Waals surface area contributed by atoms with Gasteiger partial charge in [-0.1, -0.05) is 18.2 Å². The molecule has 2 aromatic rings. The first-order valence-electron chi connectivity index (χ1n) is 6.44. The molecule has 0 spiro atoms. The summed E-state index contributed by atoms with van der Waals surface area (Å²) in [4.78, 5) is 0. The van der Waals surface area contributed by atoms with E-state index in [0.29, 0.717) is 6.61 Å². The Morgan fingerprint density at radius 3 is 2.26 bits per heavy atom. The van der Waals surface area contributed by atoms with Crippen LogP contribution < -0.4 is 14.8 Å². The second kappa shape index (κ2) is 7.31. The standard InChI is InChI=1S/C16H19NO2/c1-18-15-8-10-16(11-9-15)19-13-5-12-17-14-6-3-2-4-7-14/h2-4,6-11,17H,5,12-13H2,1H3. The summed E-state index contributed by atoms with van der Waals surface area (Å²) >= 11 is 0. The summed E-state index contributed by atoms with van der Waals surface area (Å²) in [7, 11) is 1.66. The van der Waals surface area contributed by atoms with Crippen LogP contribution in [0.1, 0.15) is 6.42 Å². The normalized spacial score (nSPS) is 9.95. The fourth-order valence-electron chi connectivity index (χ4n) is 1.72. The summed E-state index contributed by atoms with van der Waals surface area (Å²) in [5, 5.41) is 3.35. The summed E-state index contributed by atoms with van der Waals surface area (Å²) in [5.41, 5.74) is 1.15. The molecular weight excluding hydrogens is 238 g/mol. The number of ether oxygens (including phenoxy) is 2. The van der Waals surface area contributed by atoms with Gasteiger partial charge in [-0.3, -0.25) is 0 Å². The molecule has 100 valence electrons. The average Bonchev–Trinajstić information content (AvgIpc) is 2.49. The Bertz CT molecular complexity index is 468. The van der Waals surface area contributed by atoms with E-state index in [-0.39, 0.29) is 0 Å². The Kier molecular flexibility index (Phi) is 5.11. The molecule has 3 heteroatoms. The first-order valence-corrected chi connectivity index (χ1v) is 6.44. The molecular formula is C16H19NO2. The van der Waals surface area contributed by atoms with Crippen LogP contribution >= 0.6 is 0 Å². The second-order valence-electron chi connectivity index (χ2n) is 4.17. The Morgan fingerprint density at radius 2 is 1.58 bits per heavy atom. The molecule has 1 N–H and O–H groups in total. The quantitative estimate of drug-likeness (QED) is 0.769. The van der Waals surface area contributed by atoms with E-state index >= 15 is 0 Å². The van der Waals surface area contributed by atoms with E-state index in [0.717, 1.165) is 30.2 Å². The van der Waals surface area contributed by atoms with Crippen LogP contribution in [0.4, 0.5) is 5.69 Å². The maximum atomic E-state index is 5.65. The first kappa shape index (κ1) is 13.3. The smallest absolute Gasteiger partial charge is 0.119 e. The lowest BCUT2D eigenvalue weighted by molar-refractivity contribution is 0.314. The average molecular weight is 257 g/mol. The largest absolute Gasteiger partial charge is 0.497 e. The Hall–Kier alpha value is -2.16. The van der Waals surface area contributed by atoms with Crippen LogP contribution in [0.5, 0.6) is 11.5 Å². The molecule has 0 unspecified atom stereocenters. The zero-order valence-electron chi connectivity index (χ0n) is 11.1. The minimum atomic E-state index is 0.701. The van der Waals surface area contributed by atoms with Crippen molar-refractivity contribution < 1.29 is 9.47 Å². The first-order chi connectivity index (χ1) is 9.38. The van der Waals surface area contributed by atoms with Gasteiger partial charge >= 0.3 is 0 Å². The minimum Gasteiger partial charge on any atom is -0.497 e. The highest BCUT2D eigenvalue weighted by molar-refractivity contribution is 5.42. The molecule has 0 fully saturated rings. The molecule has 0 aliphatic carbocycles. The van der Waals surface area contributed by atoms with Crippen molar-refractivity contribution >= 4 is 5.69 Å². The van der Waals surface area contributed by atoms with E-state index in [9.17, 15) is 0 Å². The summed E-state index contributed by atoms with van der Waals surface area (Å²) in [6.45, 7) is 1.60. The molecule has 0 radical (unpaired) electrons. The summed E-state index contributed by atoms with van der Waals surface area (Å²) in [6.07, 6.45) is 0.959. The van der Waals surface area contributed by atoms with E-state index in [1.165, 1.54) is 0 Å². The van der Waals surface area contributed by atoms with Crippen molar-refractivity contribution in [3.63, 3.8) is 0 Å². The fraction of sp³-hybridized carbons (Fsp3) is 0.250. The summed E-state index contributed by atoms with van der Waals surface area (Å²) < 4.78 is 10.7. The van der Waals surface area contributed by atoms with Gasteiger partial charge in [0.1, 0.15) is 11.5 Å². The lowest BCUT2D eigenvalue weighted by atomic mass is 10.3. The van der Waals surface area contributed by atoms with Gasteiger partial charge in [0.15, 0.2) is 0 Å². The van der Waals surface area contributed by atoms with Gasteiger partial charge in [-0.15, -0.1) is 0 Å². The van der Waals surface area contributed by atoms with Crippen molar-refractivity contribution in [2.24, 2.45) is 0 Å². The van der Waals surface area contributed by atoms with Gasteiger partial charge in [-0.05, 0) is 42.8 Å². The van der Waals surface area contributed by atoms with E-state index in [1.54, 1.807) is 7.11 Å². The van der Waals surface area contributed by atoms with Gasteiger partial charge in [0, 0.05) is 12.2 Å². The zero-order valence-corrected chi connectivity index (χ0v) is 11.1. The van der Waals surface area contributed by atoms with Gasteiger partial charge < -0.3 is 14.8 Å². The van der Waals surface area contributed by atoms with Crippen molar-refractivity contribution in [1.82, 2.24) is 0 Å². The monoisotopic (exact) mass is 257 g/mol. The third-order valence-electron chi connectivity index (χ3n) is 2.75.